The maximum Gasteiger partial charge on any atom is 0.222 e. The fourth-order valence-electron chi connectivity index (χ4n) is 3.19. The summed E-state index contributed by atoms with van der Waals surface area (Å²) < 4.78 is 5.27. The van der Waals surface area contributed by atoms with Crippen LogP contribution < -0.4 is 5.32 Å². The number of rotatable bonds is 6. The topological polar surface area (TPSA) is 41.6 Å². The van der Waals surface area contributed by atoms with E-state index in [1.54, 1.807) is 0 Å². The maximum absolute atomic E-state index is 12.1. The first-order chi connectivity index (χ1) is 8.70. The molecular formula is C14H26N2O2. The van der Waals surface area contributed by atoms with E-state index in [0.29, 0.717) is 31.2 Å². The first-order valence-electron chi connectivity index (χ1n) is 7.30. The normalized spacial score (nSPS) is 30.4. The third-order valence-corrected chi connectivity index (χ3v) is 4.27. The van der Waals surface area contributed by atoms with Gasteiger partial charge in [-0.25, -0.2) is 0 Å². The van der Waals surface area contributed by atoms with E-state index in [-0.39, 0.29) is 5.91 Å². The Morgan fingerprint density at radius 1 is 1.33 bits per heavy atom. The molecule has 2 rings (SSSR count). The fourth-order valence-corrected chi connectivity index (χ4v) is 3.19. The fraction of sp³-hybridized carbons (Fsp3) is 0.929. The molecule has 0 aromatic heterocycles. The van der Waals surface area contributed by atoms with Crippen LogP contribution in [0.25, 0.3) is 0 Å². The highest BCUT2D eigenvalue weighted by Crippen LogP contribution is 2.29. The second kappa shape index (κ2) is 6.53. The Hall–Kier alpha value is -0.610. The van der Waals surface area contributed by atoms with Gasteiger partial charge in [-0.15, -0.1) is 0 Å². The zero-order valence-electron chi connectivity index (χ0n) is 11.7. The molecule has 0 radical (unpaired) electrons. The second-order valence-corrected chi connectivity index (χ2v) is 5.57. The van der Waals surface area contributed by atoms with E-state index in [0.717, 1.165) is 25.9 Å². The highest BCUT2D eigenvalue weighted by molar-refractivity contribution is 5.76. The lowest BCUT2D eigenvalue weighted by Crippen LogP contribution is -2.48. The molecule has 2 aliphatic rings. The molecule has 2 heterocycles. The SMILES string of the molecule is CCOCCCC(=O)N(C)C1CC2CCC(C1)N2. The second-order valence-electron chi connectivity index (χ2n) is 5.57. The first kappa shape index (κ1) is 13.8. The summed E-state index contributed by atoms with van der Waals surface area (Å²) in [6, 6.07) is 1.74. The summed E-state index contributed by atoms with van der Waals surface area (Å²) in [5, 5.41) is 3.62. The molecule has 18 heavy (non-hydrogen) atoms. The van der Waals surface area contributed by atoms with Gasteiger partial charge >= 0.3 is 0 Å². The summed E-state index contributed by atoms with van der Waals surface area (Å²) in [6.07, 6.45) is 6.29. The molecule has 2 fully saturated rings. The quantitative estimate of drug-likeness (QED) is 0.731. The van der Waals surface area contributed by atoms with Crippen LogP contribution in [0.4, 0.5) is 0 Å². The summed E-state index contributed by atoms with van der Waals surface area (Å²) in [5.74, 6) is 0.279. The Bertz CT molecular complexity index is 271. The van der Waals surface area contributed by atoms with Gasteiger partial charge in [0.15, 0.2) is 0 Å². The largest absolute Gasteiger partial charge is 0.382 e. The van der Waals surface area contributed by atoms with Crippen molar-refractivity contribution < 1.29 is 9.53 Å². The predicted molar refractivity (Wildman–Crippen MR) is 71.5 cm³/mol. The van der Waals surface area contributed by atoms with Crippen LogP contribution in [0.3, 0.4) is 0 Å². The van der Waals surface area contributed by atoms with Crippen molar-refractivity contribution in [1.29, 1.82) is 0 Å². The van der Waals surface area contributed by atoms with Crippen molar-refractivity contribution in [3.05, 3.63) is 0 Å². The zero-order chi connectivity index (χ0) is 13.0. The molecule has 0 aliphatic carbocycles. The number of amides is 1. The van der Waals surface area contributed by atoms with Crippen molar-refractivity contribution in [3.63, 3.8) is 0 Å². The van der Waals surface area contributed by atoms with Crippen molar-refractivity contribution in [2.24, 2.45) is 0 Å². The maximum atomic E-state index is 12.1. The first-order valence-corrected chi connectivity index (χ1v) is 7.30. The molecular weight excluding hydrogens is 228 g/mol. The van der Waals surface area contributed by atoms with Crippen LogP contribution in [0.15, 0.2) is 0 Å². The van der Waals surface area contributed by atoms with Crippen molar-refractivity contribution in [2.75, 3.05) is 20.3 Å². The molecule has 1 N–H and O–H groups in total. The average Bonchev–Trinajstić information content (AvgIpc) is 2.72. The molecule has 2 saturated heterocycles. The lowest BCUT2D eigenvalue weighted by atomic mass is 9.98. The minimum Gasteiger partial charge on any atom is -0.382 e. The van der Waals surface area contributed by atoms with Crippen molar-refractivity contribution in [2.45, 2.75) is 63.6 Å². The number of hydrogen-bond donors (Lipinski definition) is 1. The zero-order valence-corrected chi connectivity index (χ0v) is 11.7. The van der Waals surface area contributed by atoms with Gasteiger partial charge in [-0.2, -0.15) is 0 Å². The molecule has 4 nitrogen and oxygen atoms in total. The molecule has 2 unspecified atom stereocenters. The third kappa shape index (κ3) is 3.45. The van der Waals surface area contributed by atoms with E-state index >= 15 is 0 Å². The van der Waals surface area contributed by atoms with E-state index in [2.05, 4.69) is 5.32 Å². The monoisotopic (exact) mass is 254 g/mol. The number of ether oxygens (including phenoxy) is 1. The van der Waals surface area contributed by atoms with Gasteiger partial charge in [0, 0.05) is 44.8 Å². The Balaban J connectivity index is 1.72. The van der Waals surface area contributed by atoms with Crippen LogP contribution in [0, 0.1) is 0 Å². The summed E-state index contributed by atoms with van der Waals surface area (Å²) in [5.41, 5.74) is 0. The van der Waals surface area contributed by atoms with Gasteiger partial charge in [0.2, 0.25) is 5.91 Å². The predicted octanol–water partition coefficient (Wildman–Crippen LogP) is 1.54. The van der Waals surface area contributed by atoms with Crippen LogP contribution in [0.1, 0.15) is 45.4 Å². The molecule has 2 atom stereocenters. The molecule has 0 aromatic rings. The van der Waals surface area contributed by atoms with E-state index in [1.165, 1.54) is 12.8 Å². The molecule has 1 amide bonds. The van der Waals surface area contributed by atoms with E-state index in [4.69, 9.17) is 4.74 Å². The van der Waals surface area contributed by atoms with Gasteiger partial charge in [0.25, 0.3) is 0 Å². The smallest absolute Gasteiger partial charge is 0.222 e. The van der Waals surface area contributed by atoms with Crippen molar-refractivity contribution in [3.8, 4) is 0 Å². The third-order valence-electron chi connectivity index (χ3n) is 4.27. The van der Waals surface area contributed by atoms with Crippen LogP contribution in [0.5, 0.6) is 0 Å². The number of carbonyl (C=O) groups excluding carboxylic acids is 1. The van der Waals surface area contributed by atoms with Gasteiger partial charge in [-0.1, -0.05) is 0 Å². The van der Waals surface area contributed by atoms with Crippen molar-refractivity contribution >= 4 is 5.91 Å². The standard InChI is InChI=1S/C14H26N2O2/c1-3-18-8-4-5-14(17)16(2)13-9-11-6-7-12(10-13)15-11/h11-13,15H,3-10H2,1-2H3. The Morgan fingerprint density at radius 3 is 2.61 bits per heavy atom. The molecule has 2 aliphatic heterocycles. The number of fused-ring (bicyclic) bond motifs is 2. The van der Waals surface area contributed by atoms with Gasteiger partial charge in [0.05, 0.1) is 0 Å². The van der Waals surface area contributed by atoms with Gasteiger partial charge < -0.3 is 15.0 Å². The Labute approximate surface area is 110 Å². The summed E-state index contributed by atoms with van der Waals surface area (Å²) in [7, 11) is 1.97. The number of nitrogens with zero attached hydrogens (tertiary/aromatic N) is 1. The number of piperidine rings is 1. The summed E-state index contributed by atoms with van der Waals surface area (Å²) >= 11 is 0. The number of hydrogen-bond acceptors (Lipinski definition) is 3. The summed E-state index contributed by atoms with van der Waals surface area (Å²) in [4.78, 5) is 14.1. The summed E-state index contributed by atoms with van der Waals surface area (Å²) in [6.45, 7) is 3.42. The van der Waals surface area contributed by atoms with Crippen LogP contribution in [-0.2, 0) is 9.53 Å². The highest BCUT2D eigenvalue weighted by atomic mass is 16.5. The van der Waals surface area contributed by atoms with Gasteiger partial charge in [0.1, 0.15) is 0 Å². The Morgan fingerprint density at radius 2 is 2.00 bits per heavy atom. The minimum atomic E-state index is 0.279. The van der Waals surface area contributed by atoms with Crippen molar-refractivity contribution in [1.82, 2.24) is 10.2 Å². The minimum absolute atomic E-state index is 0.279. The molecule has 0 spiro atoms. The highest BCUT2D eigenvalue weighted by Gasteiger charge is 2.36. The van der Waals surface area contributed by atoms with Gasteiger partial charge in [-0.05, 0) is 39.0 Å². The average molecular weight is 254 g/mol. The van der Waals surface area contributed by atoms with E-state index in [1.807, 2.05) is 18.9 Å². The van der Waals surface area contributed by atoms with Crippen LogP contribution >= 0.6 is 0 Å². The van der Waals surface area contributed by atoms with Gasteiger partial charge in [-0.3, -0.25) is 4.79 Å². The van der Waals surface area contributed by atoms with Crippen LogP contribution in [0.2, 0.25) is 0 Å². The lowest BCUT2D eigenvalue weighted by molar-refractivity contribution is -0.133. The Kier molecular flexibility index (Phi) is 5.01. The lowest BCUT2D eigenvalue weighted by Gasteiger charge is -2.35. The van der Waals surface area contributed by atoms with Crippen LogP contribution in [-0.4, -0.2) is 49.2 Å². The molecule has 104 valence electrons. The number of nitrogens with one attached hydrogen (secondary N) is 1. The molecule has 0 aromatic carbocycles. The van der Waals surface area contributed by atoms with E-state index < -0.39 is 0 Å². The van der Waals surface area contributed by atoms with E-state index in [9.17, 15) is 4.79 Å². The molecule has 4 heteroatoms. The molecule has 0 saturated carbocycles. The molecule has 2 bridgehead atoms. The number of carbonyl (C=O) groups is 1.